The molecule has 0 aliphatic heterocycles. The zero-order valence-electron chi connectivity index (χ0n) is 10.2. The van der Waals surface area contributed by atoms with E-state index in [4.69, 9.17) is 10.6 Å². The lowest BCUT2D eigenvalue weighted by Gasteiger charge is -2.17. The Morgan fingerprint density at radius 1 is 1.37 bits per heavy atom. The van der Waals surface area contributed by atoms with Crippen molar-refractivity contribution in [3.05, 3.63) is 58.1 Å². The Hall–Kier alpha value is -1.50. The number of methoxy groups -OCH3 is 1. The van der Waals surface area contributed by atoms with Gasteiger partial charge in [0, 0.05) is 16.2 Å². The van der Waals surface area contributed by atoms with Gasteiger partial charge in [0.1, 0.15) is 0 Å². The highest BCUT2D eigenvalue weighted by molar-refractivity contribution is 9.10. The highest BCUT2D eigenvalue weighted by Crippen LogP contribution is 2.28. The topological polar surface area (TPSA) is 60.2 Å². The quantitative estimate of drug-likeness (QED) is 0.670. The number of nitrogens with two attached hydrogens (primary N) is 1. The summed E-state index contributed by atoms with van der Waals surface area (Å²) in [7, 11) is 1.42. The van der Waals surface area contributed by atoms with Crippen LogP contribution in [0.15, 0.2) is 41.0 Å². The molecule has 3 N–H and O–H groups in total. The maximum atomic E-state index is 14.2. The van der Waals surface area contributed by atoms with E-state index in [0.29, 0.717) is 11.3 Å². The molecule has 0 fully saturated rings. The number of hydrogen-bond donors (Lipinski definition) is 2. The van der Waals surface area contributed by atoms with Gasteiger partial charge in [0.2, 0.25) is 0 Å². The molecule has 0 saturated carbocycles. The molecule has 1 heterocycles. The summed E-state index contributed by atoms with van der Waals surface area (Å²) in [6, 6.07) is 7.97. The van der Waals surface area contributed by atoms with E-state index < -0.39 is 11.9 Å². The Morgan fingerprint density at radius 2 is 2.16 bits per heavy atom. The molecule has 0 aliphatic carbocycles. The summed E-state index contributed by atoms with van der Waals surface area (Å²) in [5.41, 5.74) is 3.58. The average molecular weight is 326 g/mol. The van der Waals surface area contributed by atoms with E-state index in [0.717, 1.165) is 4.47 Å². The van der Waals surface area contributed by atoms with Crippen molar-refractivity contribution in [2.45, 2.75) is 6.04 Å². The fourth-order valence-corrected chi connectivity index (χ4v) is 2.04. The van der Waals surface area contributed by atoms with Crippen LogP contribution in [-0.4, -0.2) is 12.1 Å². The maximum absolute atomic E-state index is 14.2. The van der Waals surface area contributed by atoms with Crippen LogP contribution in [0.5, 0.6) is 5.75 Å². The van der Waals surface area contributed by atoms with Crippen molar-refractivity contribution in [1.29, 1.82) is 0 Å². The van der Waals surface area contributed by atoms with Crippen LogP contribution in [0.25, 0.3) is 0 Å². The van der Waals surface area contributed by atoms with Crippen LogP contribution < -0.4 is 16.0 Å². The fraction of sp³-hybridized carbons (Fsp3) is 0.154. The number of aromatic nitrogens is 1. The van der Waals surface area contributed by atoms with Gasteiger partial charge >= 0.3 is 0 Å². The van der Waals surface area contributed by atoms with Crippen molar-refractivity contribution < 1.29 is 9.13 Å². The average Bonchev–Trinajstić information content (AvgIpc) is 2.43. The van der Waals surface area contributed by atoms with E-state index in [2.05, 4.69) is 26.3 Å². The number of hydrogen-bond acceptors (Lipinski definition) is 4. The second-order valence-corrected chi connectivity index (χ2v) is 4.78. The third-order valence-corrected chi connectivity index (χ3v) is 3.21. The van der Waals surface area contributed by atoms with Crippen LogP contribution in [0, 0.1) is 5.82 Å². The standard InChI is InChI=1S/C13H13BrFN3O/c1-19-11-4-2-3-9(12(11)15)13(18-16)10-6-5-8(14)7-17-10/h2-7,13,18H,16H2,1H3. The predicted octanol–water partition coefficient (Wildman–Crippen LogP) is 2.54. The van der Waals surface area contributed by atoms with Crippen LogP contribution in [0.3, 0.4) is 0 Å². The summed E-state index contributed by atoms with van der Waals surface area (Å²) in [4.78, 5) is 4.23. The molecule has 0 radical (unpaired) electrons. The van der Waals surface area contributed by atoms with Gasteiger partial charge in [-0.3, -0.25) is 10.8 Å². The van der Waals surface area contributed by atoms with Gasteiger partial charge in [0.05, 0.1) is 18.8 Å². The monoisotopic (exact) mass is 325 g/mol. The number of rotatable bonds is 4. The molecule has 0 saturated heterocycles. The van der Waals surface area contributed by atoms with E-state index in [9.17, 15) is 4.39 Å². The number of nitrogens with one attached hydrogen (secondary N) is 1. The SMILES string of the molecule is COc1cccc(C(NN)c2ccc(Br)cn2)c1F. The number of ether oxygens (including phenoxy) is 1. The largest absolute Gasteiger partial charge is 0.494 e. The molecule has 0 spiro atoms. The van der Waals surface area contributed by atoms with Gasteiger partial charge < -0.3 is 4.74 Å². The van der Waals surface area contributed by atoms with Crippen molar-refractivity contribution in [1.82, 2.24) is 10.4 Å². The molecular weight excluding hydrogens is 313 g/mol. The highest BCUT2D eigenvalue weighted by atomic mass is 79.9. The smallest absolute Gasteiger partial charge is 0.170 e. The number of halogens is 2. The van der Waals surface area contributed by atoms with Gasteiger partial charge in [-0.05, 0) is 34.1 Å². The number of hydrazine groups is 1. The second kappa shape index (κ2) is 6.10. The maximum Gasteiger partial charge on any atom is 0.170 e. The summed E-state index contributed by atoms with van der Waals surface area (Å²) in [6.45, 7) is 0. The third-order valence-electron chi connectivity index (χ3n) is 2.74. The number of nitrogens with zero attached hydrogens (tertiary/aromatic N) is 1. The van der Waals surface area contributed by atoms with Crippen molar-refractivity contribution in [3.8, 4) is 5.75 Å². The van der Waals surface area contributed by atoms with Crippen molar-refractivity contribution in [2.75, 3.05) is 7.11 Å². The molecule has 4 nitrogen and oxygen atoms in total. The van der Waals surface area contributed by atoms with Gasteiger partial charge in [0.15, 0.2) is 11.6 Å². The lowest BCUT2D eigenvalue weighted by molar-refractivity contribution is 0.381. The van der Waals surface area contributed by atoms with Crippen LogP contribution in [0.2, 0.25) is 0 Å². The molecule has 2 aromatic rings. The first-order valence-corrected chi connectivity index (χ1v) is 6.36. The molecule has 2 rings (SSSR count). The number of pyridine rings is 1. The minimum Gasteiger partial charge on any atom is -0.494 e. The first kappa shape index (κ1) is 13.9. The molecule has 0 amide bonds. The van der Waals surface area contributed by atoms with Gasteiger partial charge in [-0.15, -0.1) is 0 Å². The minimum absolute atomic E-state index is 0.176. The molecule has 6 heteroatoms. The van der Waals surface area contributed by atoms with Crippen molar-refractivity contribution >= 4 is 15.9 Å². The van der Waals surface area contributed by atoms with Crippen LogP contribution in [-0.2, 0) is 0 Å². The normalized spacial score (nSPS) is 12.2. The summed E-state index contributed by atoms with van der Waals surface area (Å²) in [5, 5.41) is 0. The van der Waals surface area contributed by atoms with E-state index in [1.54, 1.807) is 30.5 Å². The molecule has 1 aromatic carbocycles. The molecule has 19 heavy (non-hydrogen) atoms. The minimum atomic E-state index is -0.539. The van der Waals surface area contributed by atoms with E-state index in [1.165, 1.54) is 7.11 Å². The Morgan fingerprint density at radius 3 is 2.74 bits per heavy atom. The summed E-state index contributed by atoms with van der Waals surface area (Å²) in [5.74, 6) is 5.26. The molecule has 1 unspecified atom stereocenters. The Bertz CT molecular complexity index is 562. The molecule has 0 aliphatic rings. The van der Waals surface area contributed by atoms with Crippen LogP contribution in [0.1, 0.15) is 17.3 Å². The van der Waals surface area contributed by atoms with E-state index in [-0.39, 0.29) is 5.75 Å². The van der Waals surface area contributed by atoms with Gasteiger partial charge in [-0.1, -0.05) is 12.1 Å². The Balaban J connectivity index is 2.45. The molecule has 100 valence electrons. The van der Waals surface area contributed by atoms with E-state index >= 15 is 0 Å². The summed E-state index contributed by atoms with van der Waals surface area (Å²) < 4.78 is 20.0. The molecular formula is C13H13BrFN3O. The van der Waals surface area contributed by atoms with Crippen LogP contribution >= 0.6 is 15.9 Å². The molecule has 1 aromatic heterocycles. The second-order valence-electron chi connectivity index (χ2n) is 3.86. The zero-order chi connectivity index (χ0) is 13.8. The molecule has 1 atom stereocenters. The fourth-order valence-electron chi connectivity index (χ4n) is 1.80. The Labute approximate surface area is 118 Å². The Kier molecular flexibility index (Phi) is 4.47. The van der Waals surface area contributed by atoms with Crippen molar-refractivity contribution in [2.24, 2.45) is 5.84 Å². The third kappa shape index (κ3) is 2.91. The van der Waals surface area contributed by atoms with Gasteiger partial charge in [0.25, 0.3) is 0 Å². The van der Waals surface area contributed by atoms with Crippen molar-refractivity contribution in [3.63, 3.8) is 0 Å². The lowest BCUT2D eigenvalue weighted by atomic mass is 10.0. The first-order valence-electron chi connectivity index (χ1n) is 5.57. The first-order chi connectivity index (χ1) is 9.17. The number of benzene rings is 1. The van der Waals surface area contributed by atoms with Crippen LogP contribution in [0.4, 0.5) is 4.39 Å². The molecule has 0 bridgehead atoms. The lowest BCUT2D eigenvalue weighted by Crippen LogP contribution is -2.30. The highest BCUT2D eigenvalue weighted by Gasteiger charge is 2.20. The zero-order valence-corrected chi connectivity index (χ0v) is 11.8. The predicted molar refractivity (Wildman–Crippen MR) is 74.1 cm³/mol. The van der Waals surface area contributed by atoms with Gasteiger partial charge in [-0.25, -0.2) is 9.82 Å². The van der Waals surface area contributed by atoms with Gasteiger partial charge in [-0.2, -0.15) is 0 Å². The van der Waals surface area contributed by atoms with E-state index in [1.807, 2.05) is 6.07 Å². The summed E-state index contributed by atoms with van der Waals surface area (Å²) >= 11 is 3.30. The summed E-state index contributed by atoms with van der Waals surface area (Å²) in [6.07, 6.45) is 1.64.